The van der Waals surface area contributed by atoms with Gasteiger partial charge in [0.2, 0.25) is 5.91 Å². The van der Waals surface area contributed by atoms with Gasteiger partial charge < -0.3 is 15.4 Å². The minimum absolute atomic E-state index is 0.0969. The minimum atomic E-state index is -4.18. The Morgan fingerprint density at radius 3 is 2.67 bits per heavy atom. The first-order chi connectivity index (χ1) is 11.3. The van der Waals surface area contributed by atoms with Crippen molar-refractivity contribution in [1.29, 1.82) is 0 Å². The van der Waals surface area contributed by atoms with Crippen LogP contribution in [0.4, 0.5) is 18.9 Å². The molecule has 1 aliphatic rings. The average Bonchev–Trinajstić information content (AvgIpc) is 2.54. The Morgan fingerprint density at radius 2 is 2.04 bits per heavy atom. The van der Waals surface area contributed by atoms with E-state index in [0.29, 0.717) is 30.7 Å². The minimum Gasteiger partial charge on any atom is -0.384 e. The van der Waals surface area contributed by atoms with Gasteiger partial charge in [-0.2, -0.15) is 13.2 Å². The number of alkyl halides is 3. The van der Waals surface area contributed by atoms with E-state index in [1.165, 1.54) is 0 Å². The molecule has 0 bridgehead atoms. The molecular formula is C17H23F3N2O2. The lowest BCUT2D eigenvalue weighted by molar-refractivity contribution is -0.134. The van der Waals surface area contributed by atoms with E-state index in [4.69, 9.17) is 4.74 Å². The number of ether oxygens (including phenoxy) is 1. The number of hydrogen-bond acceptors (Lipinski definition) is 3. The summed E-state index contributed by atoms with van der Waals surface area (Å²) in [5.74, 6) is -0.140. The third-order valence-electron chi connectivity index (χ3n) is 4.34. The van der Waals surface area contributed by atoms with Gasteiger partial charge >= 0.3 is 6.18 Å². The molecule has 0 aromatic heterocycles. The fraction of sp³-hybridized carbons (Fsp3) is 0.588. The average molecular weight is 344 g/mol. The third-order valence-corrected chi connectivity index (χ3v) is 4.34. The molecule has 134 valence electrons. The largest absolute Gasteiger partial charge is 0.389 e. The van der Waals surface area contributed by atoms with Crippen molar-refractivity contribution in [2.45, 2.75) is 31.9 Å². The van der Waals surface area contributed by atoms with E-state index in [1.54, 1.807) is 31.4 Å². The van der Waals surface area contributed by atoms with Gasteiger partial charge in [0.15, 0.2) is 0 Å². The Hall–Kier alpha value is -1.60. The van der Waals surface area contributed by atoms with Gasteiger partial charge in [-0.1, -0.05) is 12.1 Å². The zero-order chi connectivity index (χ0) is 17.6. The van der Waals surface area contributed by atoms with Crippen molar-refractivity contribution in [3.63, 3.8) is 0 Å². The molecule has 24 heavy (non-hydrogen) atoms. The van der Waals surface area contributed by atoms with Gasteiger partial charge in [-0.05, 0) is 50.0 Å². The number of aryl methyl sites for hydroxylation is 1. The fourth-order valence-electron chi connectivity index (χ4n) is 2.97. The van der Waals surface area contributed by atoms with E-state index in [2.05, 4.69) is 10.6 Å². The maximum absolute atomic E-state index is 12.7. The molecule has 7 heteroatoms. The summed E-state index contributed by atoms with van der Waals surface area (Å²) in [5.41, 5.74) is 0.479. The smallest absolute Gasteiger partial charge is 0.384 e. The van der Waals surface area contributed by atoms with Crippen LogP contribution in [0, 0.1) is 5.41 Å². The number of hydrogen-bond donors (Lipinski definition) is 2. The van der Waals surface area contributed by atoms with Crippen molar-refractivity contribution < 1.29 is 22.7 Å². The van der Waals surface area contributed by atoms with Gasteiger partial charge in [-0.3, -0.25) is 4.79 Å². The first-order valence-corrected chi connectivity index (χ1v) is 8.01. The lowest BCUT2D eigenvalue weighted by Crippen LogP contribution is -2.47. The highest BCUT2D eigenvalue weighted by molar-refractivity contribution is 5.95. The SMILES string of the molecule is COCC1(C(=O)Nc2cccc(CCC(F)(F)F)c2)CCNCC1. The summed E-state index contributed by atoms with van der Waals surface area (Å²) < 4.78 is 42.3. The fourth-order valence-corrected chi connectivity index (χ4v) is 2.97. The van der Waals surface area contributed by atoms with Crippen LogP contribution in [0.25, 0.3) is 0 Å². The molecule has 0 spiro atoms. The van der Waals surface area contributed by atoms with Crippen LogP contribution in [0.2, 0.25) is 0 Å². The van der Waals surface area contributed by atoms with Gasteiger partial charge in [0.05, 0.1) is 12.0 Å². The third kappa shape index (κ3) is 5.21. The number of nitrogens with one attached hydrogen (secondary N) is 2. The molecule has 1 amide bonds. The summed E-state index contributed by atoms with van der Waals surface area (Å²) in [4.78, 5) is 12.7. The highest BCUT2D eigenvalue weighted by atomic mass is 19.4. The molecule has 1 fully saturated rings. The van der Waals surface area contributed by atoms with E-state index in [1.807, 2.05) is 0 Å². The van der Waals surface area contributed by atoms with Crippen molar-refractivity contribution in [2.75, 3.05) is 32.1 Å². The Balaban J connectivity index is 2.05. The summed E-state index contributed by atoms with van der Waals surface area (Å²) in [5, 5.41) is 6.06. The van der Waals surface area contributed by atoms with Crippen LogP contribution in [-0.4, -0.2) is 38.9 Å². The molecule has 0 unspecified atom stereocenters. The van der Waals surface area contributed by atoms with E-state index >= 15 is 0 Å². The topological polar surface area (TPSA) is 50.4 Å². The van der Waals surface area contributed by atoms with Crippen molar-refractivity contribution in [2.24, 2.45) is 5.41 Å². The lowest BCUT2D eigenvalue weighted by atomic mass is 9.78. The number of carbonyl (C=O) groups is 1. The van der Waals surface area contributed by atoms with Crippen molar-refractivity contribution in [3.05, 3.63) is 29.8 Å². The summed E-state index contributed by atoms with van der Waals surface area (Å²) in [7, 11) is 1.56. The zero-order valence-corrected chi connectivity index (χ0v) is 13.7. The first kappa shape index (κ1) is 18.7. The predicted octanol–water partition coefficient (Wildman–Crippen LogP) is 3.14. The Kier molecular flexibility index (Phi) is 6.23. The lowest BCUT2D eigenvalue weighted by Gasteiger charge is -2.35. The zero-order valence-electron chi connectivity index (χ0n) is 13.7. The molecule has 1 saturated heterocycles. The molecular weight excluding hydrogens is 321 g/mol. The molecule has 1 aromatic carbocycles. The van der Waals surface area contributed by atoms with Gasteiger partial charge in [0.25, 0.3) is 0 Å². The second-order valence-corrected chi connectivity index (χ2v) is 6.23. The summed E-state index contributed by atoms with van der Waals surface area (Å²) in [6.45, 7) is 1.80. The number of benzene rings is 1. The molecule has 1 aromatic rings. The second-order valence-electron chi connectivity index (χ2n) is 6.23. The molecule has 0 saturated carbocycles. The maximum Gasteiger partial charge on any atom is 0.389 e. The summed E-state index contributed by atoms with van der Waals surface area (Å²) in [6, 6.07) is 6.59. The maximum atomic E-state index is 12.7. The number of rotatable bonds is 6. The second kappa shape index (κ2) is 7.98. The van der Waals surface area contributed by atoms with Crippen LogP contribution in [0.1, 0.15) is 24.8 Å². The van der Waals surface area contributed by atoms with Crippen molar-refractivity contribution >= 4 is 11.6 Å². The van der Waals surface area contributed by atoms with Crippen LogP contribution in [0.15, 0.2) is 24.3 Å². The number of methoxy groups -OCH3 is 1. The molecule has 2 N–H and O–H groups in total. The van der Waals surface area contributed by atoms with Crippen molar-refractivity contribution in [3.8, 4) is 0 Å². The number of halogens is 3. The highest BCUT2D eigenvalue weighted by Crippen LogP contribution is 2.31. The Morgan fingerprint density at radius 1 is 1.33 bits per heavy atom. The van der Waals surface area contributed by atoms with Crippen LogP contribution in [0.5, 0.6) is 0 Å². The van der Waals surface area contributed by atoms with Gasteiger partial charge in [0, 0.05) is 19.2 Å². The summed E-state index contributed by atoms with van der Waals surface area (Å²) >= 11 is 0. The Bertz CT molecular complexity index is 550. The monoisotopic (exact) mass is 344 g/mol. The number of amides is 1. The van der Waals surface area contributed by atoms with E-state index in [-0.39, 0.29) is 12.3 Å². The molecule has 2 rings (SSSR count). The van der Waals surface area contributed by atoms with E-state index < -0.39 is 18.0 Å². The van der Waals surface area contributed by atoms with Crippen LogP contribution in [0.3, 0.4) is 0 Å². The van der Waals surface area contributed by atoms with Crippen LogP contribution < -0.4 is 10.6 Å². The van der Waals surface area contributed by atoms with Gasteiger partial charge in [-0.25, -0.2) is 0 Å². The van der Waals surface area contributed by atoms with E-state index in [9.17, 15) is 18.0 Å². The van der Waals surface area contributed by atoms with Gasteiger partial charge in [0.1, 0.15) is 0 Å². The highest BCUT2D eigenvalue weighted by Gasteiger charge is 2.39. The predicted molar refractivity (Wildman–Crippen MR) is 85.9 cm³/mol. The molecule has 0 atom stereocenters. The number of piperidine rings is 1. The van der Waals surface area contributed by atoms with Gasteiger partial charge in [-0.15, -0.1) is 0 Å². The number of anilines is 1. The van der Waals surface area contributed by atoms with Crippen molar-refractivity contribution in [1.82, 2.24) is 5.32 Å². The molecule has 0 radical (unpaired) electrons. The molecule has 0 aliphatic carbocycles. The summed E-state index contributed by atoms with van der Waals surface area (Å²) in [6.07, 6.45) is -3.82. The molecule has 1 heterocycles. The molecule has 1 aliphatic heterocycles. The normalized spacial score (nSPS) is 17.5. The standard InChI is InChI=1S/C17H23F3N2O2/c1-24-12-16(7-9-21-10-8-16)15(23)22-14-4-2-3-13(11-14)5-6-17(18,19)20/h2-4,11,21H,5-10,12H2,1H3,(H,22,23). The molecule has 4 nitrogen and oxygen atoms in total. The Labute approximate surface area is 139 Å². The van der Waals surface area contributed by atoms with Crippen LogP contribution >= 0.6 is 0 Å². The van der Waals surface area contributed by atoms with Crippen LogP contribution in [-0.2, 0) is 16.0 Å². The first-order valence-electron chi connectivity index (χ1n) is 8.01. The van der Waals surface area contributed by atoms with E-state index in [0.717, 1.165) is 13.1 Å². The number of carbonyl (C=O) groups excluding carboxylic acids is 1. The quantitative estimate of drug-likeness (QED) is 0.834.